The summed E-state index contributed by atoms with van der Waals surface area (Å²) in [5.74, 6) is -1.00. The molecule has 18 heteroatoms. The predicted molar refractivity (Wildman–Crippen MR) is 143 cm³/mol. The molecule has 7 N–H and O–H groups in total. The molecule has 204 valence electrons. The molecule has 39 heavy (non-hydrogen) atoms. The van der Waals surface area contributed by atoms with Crippen LogP contribution in [0.5, 0.6) is 5.75 Å². The van der Waals surface area contributed by atoms with Gasteiger partial charge >= 0.3 is 0 Å². The molecule has 0 amide bonds. The van der Waals surface area contributed by atoms with E-state index in [1.165, 1.54) is 18.2 Å². The topological polar surface area (TPSA) is 242 Å². The third-order valence-electron chi connectivity index (χ3n) is 5.03. The van der Waals surface area contributed by atoms with Gasteiger partial charge in [-0.3, -0.25) is 9.11 Å². The van der Waals surface area contributed by atoms with Crippen molar-refractivity contribution in [3.05, 3.63) is 53.8 Å². The van der Waals surface area contributed by atoms with E-state index in [-0.39, 0.29) is 52.2 Å². The van der Waals surface area contributed by atoms with Crippen LogP contribution in [0.4, 0.5) is 34.6 Å². The molecule has 15 nitrogen and oxygen atoms in total. The predicted octanol–water partition coefficient (Wildman–Crippen LogP) is 3.67. The van der Waals surface area contributed by atoms with Crippen LogP contribution in [0, 0.1) is 0 Å². The van der Waals surface area contributed by atoms with Crippen LogP contribution in [-0.2, 0) is 20.2 Å². The van der Waals surface area contributed by atoms with E-state index in [0.717, 1.165) is 6.07 Å². The molecular weight excluding hydrogens is 576 g/mol. The number of fused-ring (bicyclic) bond motifs is 1. The van der Waals surface area contributed by atoms with Gasteiger partial charge in [0, 0.05) is 12.2 Å². The average molecular weight is 595 g/mol. The molecule has 4 rings (SSSR count). The number of aromatic nitrogens is 3. The fourth-order valence-corrected chi connectivity index (χ4v) is 4.53. The third kappa shape index (κ3) is 7.03. The molecule has 0 unspecified atom stereocenters. The number of phenols is 1. The maximum absolute atomic E-state index is 12.1. The van der Waals surface area contributed by atoms with Gasteiger partial charge in [0.25, 0.3) is 20.2 Å². The molecule has 0 atom stereocenters. The summed E-state index contributed by atoms with van der Waals surface area (Å²) in [4.78, 5) is 11.0. The summed E-state index contributed by atoms with van der Waals surface area (Å²) in [5.41, 5.74) is 6.14. The van der Waals surface area contributed by atoms with E-state index in [0.29, 0.717) is 10.8 Å². The summed E-state index contributed by atoms with van der Waals surface area (Å²) in [6, 6.07) is 11.7. The molecule has 0 aliphatic heterocycles. The number of benzene rings is 3. The Hall–Kier alpha value is -4.16. The molecule has 0 spiro atoms. The Morgan fingerprint density at radius 2 is 1.69 bits per heavy atom. The Labute approximate surface area is 226 Å². The molecule has 1 aromatic heterocycles. The van der Waals surface area contributed by atoms with Gasteiger partial charge in [0.1, 0.15) is 22.0 Å². The summed E-state index contributed by atoms with van der Waals surface area (Å²) in [5, 5.41) is 24.2. The first-order valence-corrected chi connectivity index (χ1v) is 14.1. The Bertz CT molecular complexity index is 1820. The largest absolute Gasteiger partial charge is 0.507 e. The Morgan fingerprint density at radius 3 is 2.41 bits per heavy atom. The van der Waals surface area contributed by atoms with Crippen LogP contribution in [0.15, 0.2) is 63.7 Å². The van der Waals surface area contributed by atoms with Gasteiger partial charge in [-0.15, -0.1) is 10.2 Å². The molecule has 0 aliphatic rings. The van der Waals surface area contributed by atoms with Crippen molar-refractivity contribution >= 4 is 77.3 Å². The lowest BCUT2D eigenvalue weighted by Gasteiger charge is -2.10. The van der Waals surface area contributed by atoms with Gasteiger partial charge < -0.3 is 21.5 Å². The quantitative estimate of drug-likeness (QED) is 0.0920. The van der Waals surface area contributed by atoms with E-state index < -0.39 is 30.9 Å². The van der Waals surface area contributed by atoms with Crippen LogP contribution < -0.4 is 16.4 Å². The fourth-order valence-electron chi connectivity index (χ4n) is 3.36. The zero-order valence-corrected chi connectivity index (χ0v) is 21.9. The van der Waals surface area contributed by atoms with Crippen LogP contribution >= 0.6 is 11.6 Å². The molecule has 0 fully saturated rings. The first-order chi connectivity index (χ1) is 18.3. The van der Waals surface area contributed by atoms with Crippen molar-refractivity contribution in [2.75, 3.05) is 28.7 Å². The second-order valence-corrected chi connectivity index (χ2v) is 11.1. The highest BCUT2D eigenvalue weighted by atomic mass is 35.5. The molecule has 4 aromatic rings. The second kappa shape index (κ2) is 10.9. The van der Waals surface area contributed by atoms with Gasteiger partial charge in [-0.1, -0.05) is 18.2 Å². The standard InChI is InChI=1S/C21H19ClN8O7S2/c22-19-26-20(24-8-9-38(32,33)34)28-21(27-19)25-12-5-7-14(16(10-12)39(35,36)37)29-30-18-13(23)6-4-11-2-1-3-15(31)17(11)18/h1-7,10,31H,8-9,23H2,(H,32,33,34)(H,35,36,37)(H2,24,25,26,27,28)/b30-29+. The van der Waals surface area contributed by atoms with Gasteiger partial charge in [0.05, 0.1) is 16.8 Å². The van der Waals surface area contributed by atoms with Gasteiger partial charge in [0.2, 0.25) is 17.2 Å². The minimum Gasteiger partial charge on any atom is -0.507 e. The smallest absolute Gasteiger partial charge is 0.296 e. The third-order valence-corrected chi connectivity index (χ3v) is 6.80. The van der Waals surface area contributed by atoms with Crippen molar-refractivity contribution in [2.45, 2.75) is 4.90 Å². The van der Waals surface area contributed by atoms with Crippen LogP contribution in [0.3, 0.4) is 0 Å². The number of nitrogens with one attached hydrogen (secondary N) is 2. The highest BCUT2D eigenvalue weighted by Gasteiger charge is 2.18. The lowest BCUT2D eigenvalue weighted by molar-refractivity contribution is 0.481. The lowest BCUT2D eigenvalue weighted by atomic mass is 10.1. The van der Waals surface area contributed by atoms with E-state index >= 15 is 0 Å². The number of nitrogens with two attached hydrogens (primary N) is 1. The molecule has 3 aromatic carbocycles. The number of hydrogen-bond donors (Lipinski definition) is 6. The second-order valence-electron chi connectivity index (χ2n) is 7.83. The number of halogens is 1. The SMILES string of the molecule is Nc1ccc2cccc(O)c2c1/N=N/c1ccc(Nc2nc(Cl)nc(NCCS(=O)(=O)O)n2)cc1S(=O)(=O)O. The van der Waals surface area contributed by atoms with E-state index in [4.69, 9.17) is 21.9 Å². The monoisotopic (exact) mass is 594 g/mol. The highest BCUT2D eigenvalue weighted by molar-refractivity contribution is 7.86. The number of nitrogens with zero attached hydrogens (tertiary/aromatic N) is 5. The number of aromatic hydroxyl groups is 1. The van der Waals surface area contributed by atoms with Crippen molar-refractivity contribution in [1.82, 2.24) is 15.0 Å². The Morgan fingerprint density at radius 1 is 0.949 bits per heavy atom. The van der Waals surface area contributed by atoms with Gasteiger partial charge in [-0.25, -0.2) is 0 Å². The van der Waals surface area contributed by atoms with Gasteiger partial charge in [-0.2, -0.15) is 31.8 Å². The number of anilines is 4. The van der Waals surface area contributed by atoms with E-state index in [9.17, 15) is 26.5 Å². The zero-order chi connectivity index (χ0) is 28.4. The number of hydrogen-bond acceptors (Lipinski definition) is 13. The van der Waals surface area contributed by atoms with Crippen LogP contribution in [0.2, 0.25) is 5.28 Å². The molecular formula is C21H19ClN8O7S2. The van der Waals surface area contributed by atoms with Gasteiger partial charge in [0.15, 0.2) is 0 Å². The van der Waals surface area contributed by atoms with Crippen LogP contribution in [0.25, 0.3) is 10.8 Å². The van der Waals surface area contributed by atoms with Crippen molar-refractivity contribution in [2.24, 2.45) is 10.2 Å². The maximum Gasteiger partial charge on any atom is 0.296 e. The van der Waals surface area contributed by atoms with Crippen molar-refractivity contribution < 1.29 is 31.0 Å². The number of nitrogen functional groups attached to an aromatic ring is 1. The molecule has 0 saturated carbocycles. The van der Waals surface area contributed by atoms with Crippen molar-refractivity contribution in [1.29, 1.82) is 0 Å². The maximum atomic E-state index is 12.1. The fraction of sp³-hybridized carbons (Fsp3) is 0.0952. The summed E-state index contributed by atoms with van der Waals surface area (Å²) >= 11 is 5.88. The van der Waals surface area contributed by atoms with Crippen LogP contribution in [0.1, 0.15) is 0 Å². The summed E-state index contributed by atoms with van der Waals surface area (Å²) in [7, 11) is -9.03. The summed E-state index contributed by atoms with van der Waals surface area (Å²) in [6.07, 6.45) is 0. The first-order valence-electron chi connectivity index (χ1n) is 10.7. The molecule has 0 bridgehead atoms. The first kappa shape index (κ1) is 27.9. The molecule has 0 aliphatic carbocycles. The normalized spacial score (nSPS) is 12.2. The zero-order valence-electron chi connectivity index (χ0n) is 19.5. The average Bonchev–Trinajstić information content (AvgIpc) is 2.82. The highest BCUT2D eigenvalue weighted by Crippen LogP contribution is 2.39. The minimum absolute atomic E-state index is 0.0926. The van der Waals surface area contributed by atoms with Gasteiger partial charge in [-0.05, 0) is 47.3 Å². The lowest BCUT2D eigenvalue weighted by Crippen LogP contribution is -2.16. The van der Waals surface area contributed by atoms with E-state index in [1.54, 1.807) is 24.3 Å². The molecule has 0 radical (unpaired) electrons. The van der Waals surface area contributed by atoms with Crippen molar-refractivity contribution in [3.8, 4) is 5.75 Å². The molecule has 0 saturated heterocycles. The summed E-state index contributed by atoms with van der Waals surface area (Å²) in [6.45, 7) is -0.232. The van der Waals surface area contributed by atoms with Crippen LogP contribution in [-0.4, -0.2) is 58.3 Å². The Balaban J connectivity index is 1.65. The van der Waals surface area contributed by atoms with Crippen molar-refractivity contribution in [3.63, 3.8) is 0 Å². The minimum atomic E-state index is -4.80. The number of rotatable bonds is 9. The Kier molecular flexibility index (Phi) is 7.79. The number of phenolic OH excluding ortho intramolecular Hbond substituents is 1. The van der Waals surface area contributed by atoms with E-state index in [2.05, 4.69) is 35.8 Å². The van der Waals surface area contributed by atoms with E-state index in [1.807, 2.05) is 0 Å². The number of azo groups is 1. The summed E-state index contributed by atoms with van der Waals surface area (Å²) < 4.78 is 64.7. The molecule has 1 heterocycles.